The molecule has 0 saturated heterocycles. The lowest BCUT2D eigenvalue weighted by Crippen LogP contribution is -2.05. The van der Waals surface area contributed by atoms with Gasteiger partial charge in [-0.05, 0) is 70.0 Å². The summed E-state index contributed by atoms with van der Waals surface area (Å²) < 4.78 is 6.44. The third-order valence-electron chi connectivity index (χ3n) is 3.62. The average molecular weight is 417 g/mol. The molecule has 23 heavy (non-hydrogen) atoms. The van der Waals surface area contributed by atoms with Gasteiger partial charge in [-0.25, -0.2) is 9.79 Å². The molecule has 0 spiro atoms. The normalized spacial score (nSPS) is 15.9. The van der Waals surface area contributed by atoms with Gasteiger partial charge in [0.05, 0.1) is 0 Å². The molecule has 0 saturated carbocycles. The van der Waals surface area contributed by atoms with Crippen molar-refractivity contribution < 1.29 is 9.53 Å². The highest BCUT2D eigenvalue weighted by Crippen LogP contribution is 2.21. The topological polar surface area (TPSA) is 38.7 Å². The molecule has 0 aliphatic carbocycles. The molecule has 3 nitrogen and oxygen atoms in total. The van der Waals surface area contributed by atoms with Crippen molar-refractivity contribution in [3.05, 3.63) is 74.5 Å². The largest absolute Gasteiger partial charge is 0.402 e. The van der Waals surface area contributed by atoms with E-state index >= 15 is 0 Å². The summed E-state index contributed by atoms with van der Waals surface area (Å²) in [7, 11) is 0. The van der Waals surface area contributed by atoms with Crippen LogP contribution in [-0.4, -0.2) is 11.9 Å². The van der Waals surface area contributed by atoms with Crippen molar-refractivity contribution in [2.45, 2.75) is 19.8 Å². The van der Waals surface area contributed by atoms with Crippen LogP contribution in [-0.2, 0) is 9.53 Å². The van der Waals surface area contributed by atoms with E-state index in [4.69, 9.17) is 4.74 Å². The summed E-state index contributed by atoms with van der Waals surface area (Å²) >= 11 is 2.24. The lowest BCUT2D eigenvalue weighted by molar-refractivity contribution is -0.129. The van der Waals surface area contributed by atoms with Crippen LogP contribution in [0.4, 0.5) is 0 Å². The molecular weight excluding hydrogens is 401 g/mol. The fraction of sp³-hybridized carbons (Fsp3) is 0.158. The van der Waals surface area contributed by atoms with Crippen molar-refractivity contribution in [1.29, 1.82) is 0 Å². The van der Waals surface area contributed by atoms with Gasteiger partial charge in [0.25, 0.3) is 0 Å². The fourth-order valence-electron chi connectivity index (χ4n) is 2.26. The summed E-state index contributed by atoms with van der Waals surface area (Å²) in [4.78, 5) is 16.3. The van der Waals surface area contributed by atoms with Crippen LogP contribution in [0.1, 0.15) is 36.5 Å². The number of rotatable bonds is 3. The summed E-state index contributed by atoms with van der Waals surface area (Å²) in [5.41, 5.74) is 3.31. The smallest absolute Gasteiger partial charge is 0.363 e. The number of benzene rings is 2. The Balaban J connectivity index is 1.87. The van der Waals surface area contributed by atoms with Crippen molar-refractivity contribution in [2.24, 2.45) is 4.99 Å². The SMILES string of the molecule is CC(C)c1ccc(C2=N/C(=C\c3ccc(I)cc3)C(=O)O2)cc1. The average Bonchev–Trinajstić information content (AvgIpc) is 2.91. The molecule has 1 aliphatic heterocycles. The van der Waals surface area contributed by atoms with E-state index < -0.39 is 5.97 Å². The summed E-state index contributed by atoms with van der Waals surface area (Å²) in [6.45, 7) is 4.29. The Morgan fingerprint density at radius 3 is 2.30 bits per heavy atom. The van der Waals surface area contributed by atoms with Gasteiger partial charge in [0.1, 0.15) is 0 Å². The number of hydrogen-bond donors (Lipinski definition) is 0. The van der Waals surface area contributed by atoms with Crippen LogP contribution in [0, 0.1) is 3.57 Å². The number of hydrogen-bond acceptors (Lipinski definition) is 3. The second kappa shape index (κ2) is 6.66. The Labute approximate surface area is 149 Å². The molecular formula is C19H16INO2. The van der Waals surface area contributed by atoms with Crippen LogP contribution < -0.4 is 0 Å². The highest BCUT2D eigenvalue weighted by atomic mass is 127. The van der Waals surface area contributed by atoms with Crippen LogP contribution in [0.3, 0.4) is 0 Å². The molecule has 0 bridgehead atoms. The van der Waals surface area contributed by atoms with E-state index in [1.807, 2.05) is 48.5 Å². The van der Waals surface area contributed by atoms with Crippen molar-refractivity contribution in [3.8, 4) is 0 Å². The van der Waals surface area contributed by atoms with Gasteiger partial charge in [0.15, 0.2) is 5.70 Å². The van der Waals surface area contributed by atoms with Crippen molar-refractivity contribution in [1.82, 2.24) is 0 Å². The number of ether oxygens (including phenoxy) is 1. The Hall–Kier alpha value is -1.95. The van der Waals surface area contributed by atoms with E-state index in [1.54, 1.807) is 6.08 Å². The molecule has 0 radical (unpaired) electrons. The van der Waals surface area contributed by atoms with Gasteiger partial charge in [-0.2, -0.15) is 0 Å². The second-order valence-electron chi connectivity index (χ2n) is 5.66. The predicted molar refractivity (Wildman–Crippen MR) is 100 cm³/mol. The zero-order chi connectivity index (χ0) is 16.4. The summed E-state index contributed by atoms with van der Waals surface area (Å²) in [5, 5.41) is 0. The van der Waals surface area contributed by atoms with E-state index in [0.29, 0.717) is 17.5 Å². The standard InChI is InChI=1S/C19H16INO2/c1-12(2)14-5-7-15(8-6-14)18-21-17(19(22)23-18)11-13-3-9-16(20)10-4-13/h3-12H,1-2H3/b17-11-. The first kappa shape index (κ1) is 15.9. The summed E-state index contributed by atoms with van der Waals surface area (Å²) in [6.07, 6.45) is 1.74. The van der Waals surface area contributed by atoms with Gasteiger partial charge in [-0.1, -0.05) is 38.1 Å². The molecule has 2 aromatic rings. The molecule has 4 heteroatoms. The van der Waals surface area contributed by atoms with Crippen LogP contribution in [0.15, 0.2) is 59.2 Å². The van der Waals surface area contributed by atoms with Crippen LogP contribution in [0.25, 0.3) is 6.08 Å². The first-order chi connectivity index (χ1) is 11.0. The molecule has 1 aliphatic rings. The maximum atomic E-state index is 12.0. The lowest BCUT2D eigenvalue weighted by atomic mass is 10.0. The van der Waals surface area contributed by atoms with Crippen molar-refractivity contribution >= 4 is 40.5 Å². The van der Waals surface area contributed by atoms with Crippen molar-refractivity contribution in [3.63, 3.8) is 0 Å². The predicted octanol–water partition coefficient (Wildman–Crippen LogP) is 4.76. The lowest BCUT2D eigenvalue weighted by Gasteiger charge is -2.05. The summed E-state index contributed by atoms with van der Waals surface area (Å²) in [5.74, 6) is 0.419. The molecule has 0 N–H and O–H groups in total. The van der Waals surface area contributed by atoms with Gasteiger partial charge in [0, 0.05) is 9.13 Å². The van der Waals surface area contributed by atoms with E-state index in [1.165, 1.54) is 5.56 Å². The van der Waals surface area contributed by atoms with Gasteiger partial charge in [-0.15, -0.1) is 0 Å². The number of esters is 1. The van der Waals surface area contributed by atoms with E-state index in [9.17, 15) is 4.79 Å². The highest BCUT2D eigenvalue weighted by molar-refractivity contribution is 14.1. The maximum absolute atomic E-state index is 12.0. The Morgan fingerprint density at radius 1 is 1.04 bits per heavy atom. The van der Waals surface area contributed by atoms with Crippen molar-refractivity contribution in [2.75, 3.05) is 0 Å². The second-order valence-corrected chi connectivity index (χ2v) is 6.91. The number of cyclic esters (lactones) is 1. The zero-order valence-electron chi connectivity index (χ0n) is 12.9. The van der Waals surface area contributed by atoms with Gasteiger partial charge < -0.3 is 4.74 Å². The molecule has 0 aromatic heterocycles. The third-order valence-corrected chi connectivity index (χ3v) is 4.34. The third kappa shape index (κ3) is 3.69. The van der Waals surface area contributed by atoms with Crippen LogP contribution in [0.2, 0.25) is 0 Å². The molecule has 0 unspecified atom stereocenters. The first-order valence-corrected chi connectivity index (χ1v) is 8.49. The molecule has 2 aromatic carbocycles. The minimum atomic E-state index is -0.411. The molecule has 0 fully saturated rings. The number of carbonyl (C=O) groups is 1. The minimum absolute atomic E-state index is 0.328. The van der Waals surface area contributed by atoms with E-state index in [2.05, 4.69) is 41.4 Å². The van der Waals surface area contributed by atoms with Crippen LogP contribution in [0.5, 0.6) is 0 Å². The minimum Gasteiger partial charge on any atom is -0.402 e. The number of halogens is 1. The Morgan fingerprint density at radius 2 is 1.70 bits per heavy atom. The number of aliphatic imine (C=N–C) groups is 1. The molecule has 3 rings (SSSR count). The van der Waals surface area contributed by atoms with E-state index in [-0.39, 0.29) is 0 Å². The monoisotopic (exact) mass is 417 g/mol. The van der Waals surface area contributed by atoms with Crippen LogP contribution >= 0.6 is 22.6 Å². The fourth-order valence-corrected chi connectivity index (χ4v) is 2.62. The number of carbonyl (C=O) groups excluding carboxylic acids is 1. The molecule has 0 atom stereocenters. The van der Waals surface area contributed by atoms with Gasteiger partial charge in [0.2, 0.25) is 5.90 Å². The Bertz CT molecular complexity index is 787. The highest BCUT2D eigenvalue weighted by Gasteiger charge is 2.24. The molecule has 0 amide bonds. The zero-order valence-corrected chi connectivity index (χ0v) is 15.1. The summed E-state index contributed by atoms with van der Waals surface area (Å²) in [6, 6.07) is 15.8. The maximum Gasteiger partial charge on any atom is 0.363 e. The van der Waals surface area contributed by atoms with Gasteiger partial charge in [-0.3, -0.25) is 0 Å². The van der Waals surface area contributed by atoms with Gasteiger partial charge >= 0.3 is 5.97 Å². The number of nitrogens with zero attached hydrogens (tertiary/aromatic N) is 1. The first-order valence-electron chi connectivity index (χ1n) is 7.41. The Kier molecular flexibility index (Phi) is 4.61. The quantitative estimate of drug-likeness (QED) is 0.411. The van der Waals surface area contributed by atoms with E-state index in [0.717, 1.165) is 14.7 Å². The molecule has 1 heterocycles. The molecule has 116 valence electrons.